The number of nitrogens with zero attached hydrogens (tertiary/aromatic N) is 2. The van der Waals surface area contributed by atoms with Gasteiger partial charge in [0.2, 0.25) is 10.0 Å². The fourth-order valence-corrected chi connectivity index (χ4v) is 4.84. The van der Waals surface area contributed by atoms with Crippen LogP contribution in [0.2, 0.25) is 0 Å². The molecular formula is C18H24N2O4S. The molecule has 0 unspecified atom stereocenters. The standard InChI is InChI=1S/C18H24N2O4S/c1-2-24-17-7-8-18(16-6-4-3-5-15(16)17)25(22,23)20-11-9-19(10-12-20)13-14-21/h3-8,21H,2,9-14H2,1H3. The predicted octanol–water partition coefficient (Wildman–Crippen LogP) is 1.54. The molecule has 2 aromatic carbocycles. The van der Waals surface area contributed by atoms with Crippen molar-refractivity contribution in [2.75, 3.05) is 45.9 Å². The number of sulfonamides is 1. The van der Waals surface area contributed by atoms with E-state index in [0.29, 0.717) is 55.4 Å². The van der Waals surface area contributed by atoms with Gasteiger partial charge < -0.3 is 9.84 Å². The second-order valence-corrected chi connectivity index (χ2v) is 7.92. The largest absolute Gasteiger partial charge is 0.493 e. The summed E-state index contributed by atoms with van der Waals surface area (Å²) in [5.74, 6) is 0.699. The van der Waals surface area contributed by atoms with E-state index in [1.807, 2.05) is 31.2 Å². The number of aliphatic hydroxyl groups excluding tert-OH is 1. The molecular weight excluding hydrogens is 340 g/mol. The van der Waals surface area contributed by atoms with Gasteiger partial charge in [0.05, 0.1) is 18.1 Å². The Kier molecular flexibility index (Phi) is 5.58. The average molecular weight is 364 g/mol. The topological polar surface area (TPSA) is 70.1 Å². The van der Waals surface area contributed by atoms with Crippen molar-refractivity contribution in [3.05, 3.63) is 36.4 Å². The van der Waals surface area contributed by atoms with Gasteiger partial charge in [-0.15, -0.1) is 0 Å². The summed E-state index contributed by atoms with van der Waals surface area (Å²) in [5.41, 5.74) is 0. The summed E-state index contributed by atoms with van der Waals surface area (Å²) in [5, 5.41) is 10.5. The molecule has 0 spiro atoms. The lowest BCUT2D eigenvalue weighted by Gasteiger charge is -2.33. The zero-order chi connectivity index (χ0) is 17.9. The second-order valence-electron chi connectivity index (χ2n) is 6.01. The minimum atomic E-state index is -3.57. The van der Waals surface area contributed by atoms with Crippen LogP contribution in [0.15, 0.2) is 41.3 Å². The number of ether oxygens (including phenoxy) is 1. The molecule has 0 aromatic heterocycles. The van der Waals surface area contributed by atoms with Gasteiger partial charge in [0, 0.05) is 43.5 Å². The van der Waals surface area contributed by atoms with Gasteiger partial charge in [0.15, 0.2) is 0 Å². The highest BCUT2D eigenvalue weighted by Gasteiger charge is 2.30. The predicted molar refractivity (Wildman–Crippen MR) is 97.4 cm³/mol. The molecule has 0 atom stereocenters. The van der Waals surface area contributed by atoms with Crippen LogP contribution in [0.5, 0.6) is 5.75 Å². The van der Waals surface area contributed by atoms with Crippen LogP contribution in [0, 0.1) is 0 Å². The number of aliphatic hydroxyl groups is 1. The van der Waals surface area contributed by atoms with E-state index in [4.69, 9.17) is 9.84 Å². The van der Waals surface area contributed by atoms with Crippen LogP contribution in [0.25, 0.3) is 10.8 Å². The van der Waals surface area contributed by atoms with Crippen LogP contribution in [-0.2, 0) is 10.0 Å². The van der Waals surface area contributed by atoms with Crippen molar-refractivity contribution in [2.24, 2.45) is 0 Å². The summed E-state index contributed by atoms with van der Waals surface area (Å²) < 4.78 is 33.5. The van der Waals surface area contributed by atoms with E-state index in [2.05, 4.69) is 4.90 Å². The number of β-amino-alcohol motifs (C(OH)–C–C–N with tert-alkyl or cyclic N) is 1. The van der Waals surface area contributed by atoms with Crippen molar-refractivity contribution in [2.45, 2.75) is 11.8 Å². The van der Waals surface area contributed by atoms with Gasteiger partial charge in [-0.3, -0.25) is 4.90 Å². The minimum absolute atomic E-state index is 0.0935. The third-order valence-electron chi connectivity index (χ3n) is 4.51. The van der Waals surface area contributed by atoms with Crippen molar-refractivity contribution in [1.29, 1.82) is 0 Å². The van der Waals surface area contributed by atoms with Crippen LogP contribution in [-0.4, -0.2) is 68.7 Å². The molecule has 0 amide bonds. The first-order valence-electron chi connectivity index (χ1n) is 8.56. The molecule has 1 aliphatic rings. The van der Waals surface area contributed by atoms with Crippen LogP contribution in [0.3, 0.4) is 0 Å². The molecule has 1 fully saturated rings. The summed E-state index contributed by atoms with van der Waals surface area (Å²) in [6.45, 7) is 5.25. The van der Waals surface area contributed by atoms with E-state index in [1.54, 1.807) is 12.1 Å². The first-order valence-corrected chi connectivity index (χ1v) is 10.00. The zero-order valence-electron chi connectivity index (χ0n) is 14.4. The molecule has 7 heteroatoms. The normalized spacial score (nSPS) is 17.0. The number of hydrogen-bond acceptors (Lipinski definition) is 5. The number of benzene rings is 2. The summed E-state index contributed by atoms with van der Waals surface area (Å²) in [7, 11) is -3.57. The van der Waals surface area contributed by atoms with Gasteiger partial charge in [-0.1, -0.05) is 24.3 Å². The van der Waals surface area contributed by atoms with Crippen LogP contribution in [0.1, 0.15) is 6.92 Å². The monoisotopic (exact) mass is 364 g/mol. The third-order valence-corrected chi connectivity index (χ3v) is 6.47. The molecule has 3 rings (SSSR count). The smallest absolute Gasteiger partial charge is 0.243 e. The molecule has 136 valence electrons. The van der Waals surface area contributed by atoms with Crippen molar-refractivity contribution >= 4 is 20.8 Å². The van der Waals surface area contributed by atoms with Crippen LogP contribution in [0.4, 0.5) is 0 Å². The van der Waals surface area contributed by atoms with Gasteiger partial charge in [-0.2, -0.15) is 4.31 Å². The second kappa shape index (κ2) is 7.70. The Bertz CT molecular complexity index is 830. The minimum Gasteiger partial charge on any atom is -0.493 e. The number of rotatable bonds is 6. The van der Waals surface area contributed by atoms with E-state index in [0.717, 1.165) is 5.39 Å². The quantitative estimate of drug-likeness (QED) is 0.842. The Labute approximate surface area is 148 Å². The highest BCUT2D eigenvalue weighted by molar-refractivity contribution is 7.89. The molecule has 0 aliphatic carbocycles. The first-order chi connectivity index (χ1) is 12.1. The Morgan fingerprint density at radius 1 is 1.04 bits per heavy atom. The van der Waals surface area contributed by atoms with Gasteiger partial charge >= 0.3 is 0 Å². The highest BCUT2D eigenvalue weighted by Crippen LogP contribution is 2.32. The van der Waals surface area contributed by atoms with E-state index in [1.165, 1.54) is 4.31 Å². The summed E-state index contributed by atoms with van der Waals surface area (Å²) in [6.07, 6.45) is 0. The van der Waals surface area contributed by atoms with Crippen LogP contribution >= 0.6 is 0 Å². The summed E-state index contributed by atoms with van der Waals surface area (Å²) in [6, 6.07) is 10.8. The molecule has 6 nitrogen and oxygen atoms in total. The fraction of sp³-hybridized carbons (Fsp3) is 0.444. The molecule has 2 aromatic rings. The van der Waals surface area contributed by atoms with Crippen molar-refractivity contribution in [3.63, 3.8) is 0 Å². The third kappa shape index (κ3) is 3.64. The van der Waals surface area contributed by atoms with Gasteiger partial charge in [-0.25, -0.2) is 8.42 Å². The van der Waals surface area contributed by atoms with Gasteiger partial charge in [-0.05, 0) is 19.1 Å². The first kappa shape index (κ1) is 18.1. The Hall–Kier alpha value is -1.67. The lowest BCUT2D eigenvalue weighted by molar-refractivity contribution is 0.151. The molecule has 0 bridgehead atoms. The Morgan fingerprint density at radius 2 is 1.72 bits per heavy atom. The van der Waals surface area contributed by atoms with E-state index < -0.39 is 10.0 Å². The molecule has 25 heavy (non-hydrogen) atoms. The maximum Gasteiger partial charge on any atom is 0.243 e. The van der Waals surface area contributed by atoms with Gasteiger partial charge in [0.1, 0.15) is 5.75 Å². The highest BCUT2D eigenvalue weighted by atomic mass is 32.2. The molecule has 0 saturated carbocycles. The lowest BCUT2D eigenvalue weighted by Crippen LogP contribution is -2.49. The maximum atomic E-state index is 13.2. The maximum absolute atomic E-state index is 13.2. The van der Waals surface area contributed by atoms with E-state index in [-0.39, 0.29) is 6.61 Å². The fourth-order valence-electron chi connectivity index (χ4n) is 3.22. The van der Waals surface area contributed by atoms with Crippen molar-refractivity contribution in [1.82, 2.24) is 9.21 Å². The van der Waals surface area contributed by atoms with E-state index >= 15 is 0 Å². The summed E-state index contributed by atoms with van der Waals surface area (Å²) >= 11 is 0. The average Bonchev–Trinajstić information content (AvgIpc) is 2.63. The molecule has 0 radical (unpaired) electrons. The Morgan fingerprint density at radius 3 is 2.36 bits per heavy atom. The molecule has 1 aliphatic heterocycles. The van der Waals surface area contributed by atoms with Gasteiger partial charge in [0.25, 0.3) is 0 Å². The lowest BCUT2D eigenvalue weighted by atomic mass is 10.1. The SMILES string of the molecule is CCOc1ccc(S(=O)(=O)N2CCN(CCO)CC2)c2ccccc12. The number of hydrogen-bond donors (Lipinski definition) is 1. The molecule has 1 saturated heterocycles. The Balaban J connectivity index is 1.94. The van der Waals surface area contributed by atoms with E-state index in [9.17, 15) is 8.42 Å². The van der Waals surface area contributed by atoms with Crippen LogP contribution < -0.4 is 4.74 Å². The molecule has 1 heterocycles. The molecule has 1 N–H and O–H groups in total. The summed E-state index contributed by atoms with van der Waals surface area (Å²) in [4.78, 5) is 2.39. The zero-order valence-corrected chi connectivity index (χ0v) is 15.2. The number of piperazine rings is 1. The number of fused-ring (bicyclic) bond motifs is 1. The van der Waals surface area contributed by atoms with Crippen molar-refractivity contribution in [3.8, 4) is 5.75 Å². The van der Waals surface area contributed by atoms with Crippen molar-refractivity contribution < 1.29 is 18.3 Å².